The first kappa shape index (κ1) is 16.4. The van der Waals surface area contributed by atoms with E-state index in [1.165, 1.54) is 6.07 Å². The Bertz CT molecular complexity index is 636. The highest BCUT2D eigenvalue weighted by Crippen LogP contribution is 2.33. The van der Waals surface area contributed by atoms with Crippen LogP contribution in [0.4, 0.5) is 17.6 Å². The summed E-state index contributed by atoms with van der Waals surface area (Å²) in [7, 11) is 1.86. The van der Waals surface area contributed by atoms with Gasteiger partial charge in [0.1, 0.15) is 5.82 Å². The van der Waals surface area contributed by atoms with Crippen molar-refractivity contribution in [1.82, 2.24) is 15.1 Å². The molecule has 1 aromatic heterocycles. The van der Waals surface area contributed by atoms with Crippen molar-refractivity contribution in [1.29, 1.82) is 0 Å². The van der Waals surface area contributed by atoms with Crippen molar-refractivity contribution < 1.29 is 17.6 Å². The van der Waals surface area contributed by atoms with Crippen molar-refractivity contribution in [2.75, 3.05) is 20.1 Å². The molecular weight excluding hydrogens is 300 g/mol. The van der Waals surface area contributed by atoms with Crippen LogP contribution in [-0.2, 0) is 12.7 Å². The maximum Gasteiger partial charge on any atom is 0.419 e. The van der Waals surface area contributed by atoms with E-state index in [-0.39, 0.29) is 0 Å². The van der Waals surface area contributed by atoms with Gasteiger partial charge in [0.05, 0.1) is 11.3 Å². The van der Waals surface area contributed by atoms with Gasteiger partial charge < -0.3 is 10.6 Å². The Morgan fingerprint density at radius 3 is 2.64 bits per heavy atom. The molecule has 0 saturated carbocycles. The molecule has 0 fully saturated rings. The van der Waals surface area contributed by atoms with Gasteiger partial charge in [0.25, 0.3) is 0 Å². The summed E-state index contributed by atoms with van der Waals surface area (Å²) >= 11 is 0. The second kappa shape index (κ2) is 6.45. The molecule has 2 aromatic rings. The van der Waals surface area contributed by atoms with Gasteiger partial charge >= 0.3 is 6.18 Å². The van der Waals surface area contributed by atoms with Crippen LogP contribution in [0.3, 0.4) is 0 Å². The summed E-state index contributed by atoms with van der Waals surface area (Å²) in [6.45, 7) is 1.65. The van der Waals surface area contributed by atoms with E-state index in [9.17, 15) is 17.6 Å². The molecule has 2 rings (SSSR count). The Kier molecular flexibility index (Phi) is 4.82. The van der Waals surface area contributed by atoms with Crippen LogP contribution in [0.2, 0.25) is 0 Å². The van der Waals surface area contributed by atoms with Crippen LogP contribution < -0.4 is 5.73 Å². The maximum absolute atomic E-state index is 13.7. The zero-order chi connectivity index (χ0) is 16.3. The fourth-order valence-electron chi connectivity index (χ4n) is 2.17. The largest absolute Gasteiger partial charge is 0.419 e. The Hall–Kier alpha value is -1.93. The summed E-state index contributed by atoms with van der Waals surface area (Å²) in [5.41, 5.74) is 5.66. The van der Waals surface area contributed by atoms with Crippen LogP contribution in [0.25, 0.3) is 11.3 Å². The number of alkyl halides is 3. The standard InChI is InChI=1S/C14H16F4N4/c1-22(5-4-19)8-10-7-20-21-13(10)9-2-3-11(12(15)6-9)14(16,17)18/h2-3,6-7H,4-5,8,19H2,1H3,(H,20,21). The number of nitrogens with one attached hydrogen (secondary N) is 1. The van der Waals surface area contributed by atoms with Gasteiger partial charge in [-0.05, 0) is 19.2 Å². The molecule has 0 aliphatic rings. The molecule has 0 atom stereocenters. The van der Waals surface area contributed by atoms with Gasteiger partial charge in [-0.1, -0.05) is 6.07 Å². The van der Waals surface area contributed by atoms with Crippen LogP contribution in [0, 0.1) is 5.82 Å². The van der Waals surface area contributed by atoms with Crippen molar-refractivity contribution in [3.63, 3.8) is 0 Å². The highest BCUT2D eigenvalue weighted by molar-refractivity contribution is 5.63. The highest BCUT2D eigenvalue weighted by Gasteiger charge is 2.34. The van der Waals surface area contributed by atoms with Crippen molar-refractivity contribution in [2.24, 2.45) is 5.73 Å². The molecule has 0 bridgehead atoms. The highest BCUT2D eigenvalue weighted by atomic mass is 19.4. The number of hydrogen-bond acceptors (Lipinski definition) is 3. The molecule has 0 radical (unpaired) electrons. The SMILES string of the molecule is CN(CCN)Cc1c[nH]nc1-c1ccc(C(F)(F)F)c(F)c1. The molecular formula is C14H16F4N4. The third-order valence-electron chi connectivity index (χ3n) is 3.22. The molecule has 0 aliphatic carbocycles. The third kappa shape index (κ3) is 3.63. The maximum atomic E-state index is 13.7. The van der Waals surface area contributed by atoms with Gasteiger partial charge in [-0.2, -0.15) is 18.3 Å². The van der Waals surface area contributed by atoms with Gasteiger partial charge in [-0.3, -0.25) is 5.10 Å². The number of H-pyrrole nitrogens is 1. The predicted molar refractivity (Wildman–Crippen MR) is 74.4 cm³/mol. The number of rotatable bonds is 5. The summed E-state index contributed by atoms with van der Waals surface area (Å²) in [6, 6.07) is 2.80. The van der Waals surface area contributed by atoms with Crippen LogP contribution in [-0.4, -0.2) is 35.2 Å². The molecule has 0 amide bonds. The Labute approximate surface area is 124 Å². The average Bonchev–Trinajstić information content (AvgIpc) is 2.85. The third-order valence-corrected chi connectivity index (χ3v) is 3.22. The molecule has 22 heavy (non-hydrogen) atoms. The van der Waals surface area contributed by atoms with E-state index in [4.69, 9.17) is 5.73 Å². The summed E-state index contributed by atoms with van der Waals surface area (Å²) in [5, 5.41) is 6.66. The van der Waals surface area contributed by atoms with Gasteiger partial charge in [0.2, 0.25) is 0 Å². The second-order valence-electron chi connectivity index (χ2n) is 4.98. The van der Waals surface area contributed by atoms with Gasteiger partial charge in [-0.25, -0.2) is 4.39 Å². The number of hydrogen-bond donors (Lipinski definition) is 2. The van der Waals surface area contributed by atoms with Crippen LogP contribution in [0.15, 0.2) is 24.4 Å². The summed E-state index contributed by atoms with van der Waals surface area (Å²) in [4.78, 5) is 1.94. The lowest BCUT2D eigenvalue weighted by Crippen LogP contribution is -2.25. The van der Waals surface area contributed by atoms with Gasteiger partial charge in [0, 0.05) is 37.0 Å². The predicted octanol–water partition coefficient (Wildman–Crippen LogP) is 2.63. The molecule has 120 valence electrons. The number of aromatic nitrogens is 2. The lowest BCUT2D eigenvalue weighted by Gasteiger charge is -2.15. The van der Waals surface area contributed by atoms with E-state index in [1.54, 1.807) is 6.20 Å². The fraction of sp³-hybridized carbons (Fsp3) is 0.357. The molecule has 3 N–H and O–H groups in total. The van der Waals surface area contributed by atoms with E-state index in [1.807, 2.05) is 11.9 Å². The Morgan fingerprint density at radius 1 is 1.32 bits per heavy atom. The summed E-state index contributed by atoms with van der Waals surface area (Å²) in [6.07, 6.45) is -3.07. The molecule has 8 heteroatoms. The molecule has 0 saturated heterocycles. The number of nitrogens with two attached hydrogens (primary N) is 1. The van der Waals surface area contributed by atoms with Gasteiger partial charge in [-0.15, -0.1) is 0 Å². The first-order valence-corrected chi connectivity index (χ1v) is 6.61. The molecule has 1 heterocycles. The molecule has 0 unspecified atom stereocenters. The quantitative estimate of drug-likeness (QED) is 0.834. The summed E-state index contributed by atoms with van der Waals surface area (Å²) < 4.78 is 51.4. The Morgan fingerprint density at radius 2 is 2.05 bits per heavy atom. The smallest absolute Gasteiger partial charge is 0.329 e. The van der Waals surface area contributed by atoms with E-state index >= 15 is 0 Å². The van der Waals surface area contributed by atoms with Crippen molar-refractivity contribution in [2.45, 2.75) is 12.7 Å². The number of nitrogens with zero attached hydrogens (tertiary/aromatic N) is 2. The van der Waals surface area contributed by atoms with Crippen LogP contribution in [0.5, 0.6) is 0 Å². The number of halogens is 4. The lowest BCUT2D eigenvalue weighted by molar-refractivity contribution is -0.139. The lowest BCUT2D eigenvalue weighted by atomic mass is 10.0. The molecule has 0 aliphatic heterocycles. The fourth-order valence-corrected chi connectivity index (χ4v) is 2.17. The van der Waals surface area contributed by atoms with E-state index in [2.05, 4.69) is 10.2 Å². The molecule has 4 nitrogen and oxygen atoms in total. The minimum absolute atomic E-state index is 0.294. The Balaban J connectivity index is 2.30. The zero-order valence-corrected chi connectivity index (χ0v) is 11.9. The zero-order valence-electron chi connectivity index (χ0n) is 11.9. The van der Waals surface area contributed by atoms with Crippen LogP contribution >= 0.6 is 0 Å². The average molecular weight is 316 g/mol. The van der Waals surface area contributed by atoms with E-state index in [0.29, 0.717) is 30.9 Å². The minimum atomic E-state index is -4.71. The summed E-state index contributed by atoms with van der Waals surface area (Å²) in [5.74, 6) is -1.31. The number of aromatic amines is 1. The minimum Gasteiger partial charge on any atom is -0.329 e. The second-order valence-corrected chi connectivity index (χ2v) is 4.98. The van der Waals surface area contributed by atoms with Gasteiger partial charge in [0.15, 0.2) is 0 Å². The van der Waals surface area contributed by atoms with E-state index in [0.717, 1.165) is 17.7 Å². The van der Waals surface area contributed by atoms with Crippen molar-refractivity contribution in [3.05, 3.63) is 41.3 Å². The molecule has 0 spiro atoms. The molecule has 1 aromatic carbocycles. The van der Waals surface area contributed by atoms with Crippen molar-refractivity contribution >= 4 is 0 Å². The monoisotopic (exact) mass is 316 g/mol. The first-order chi connectivity index (χ1) is 10.3. The normalized spacial score (nSPS) is 12.1. The number of benzene rings is 1. The van der Waals surface area contributed by atoms with Crippen molar-refractivity contribution in [3.8, 4) is 11.3 Å². The first-order valence-electron chi connectivity index (χ1n) is 6.61. The number of likely N-dealkylation sites (N-methyl/N-ethyl adjacent to an activating group) is 1. The van der Waals surface area contributed by atoms with Crippen LogP contribution in [0.1, 0.15) is 11.1 Å². The van der Waals surface area contributed by atoms with E-state index < -0.39 is 17.6 Å². The topological polar surface area (TPSA) is 57.9 Å².